The fraction of sp³-hybridized carbons (Fsp3) is 0.381. The van der Waals surface area contributed by atoms with Crippen molar-refractivity contribution in [3.8, 4) is 0 Å². The van der Waals surface area contributed by atoms with Crippen molar-refractivity contribution in [2.24, 2.45) is 0 Å². The largest absolute Gasteiger partial charge is 0.361 e. The fourth-order valence-electron chi connectivity index (χ4n) is 3.55. The summed E-state index contributed by atoms with van der Waals surface area (Å²) in [6, 6.07) is 5.94. The smallest absolute Gasteiger partial charge is 0.225 e. The van der Waals surface area contributed by atoms with Crippen LogP contribution in [0.1, 0.15) is 23.4 Å². The van der Waals surface area contributed by atoms with Gasteiger partial charge in [-0.05, 0) is 32.4 Å². The molecule has 1 aliphatic heterocycles. The lowest BCUT2D eigenvalue weighted by molar-refractivity contribution is -0.116. The SMILES string of the molecule is Cc1noc(C)c1CCC(=O)Nc1cnc(N2CCN(c3ccccn3)CC2)nc1. The van der Waals surface area contributed by atoms with Crippen LogP contribution in [0.15, 0.2) is 41.3 Å². The predicted molar refractivity (Wildman–Crippen MR) is 114 cm³/mol. The van der Waals surface area contributed by atoms with E-state index in [2.05, 4.69) is 35.2 Å². The molecule has 0 spiro atoms. The molecule has 3 aromatic heterocycles. The number of hydrogen-bond acceptors (Lipinski definition) is 8. The second-order valence-electron chi connectivity index (χ2n) is 7.28. The Morgan fingerprint density at radius 2 is 1.80 bits per heavy atom. The van der Waals surface area contributed by atoms with Crippen molar-refractivity contribution < 1.29 is 9.32 Å². The summed E-state index contributed by atoms with van der Waals surface area (Å²) in [6.07, 6.45) is 6.06. The Labute approximate surface area is 175 Å². The van der Waals surface area contributed by atoms with Crippen LogP contribution in [0.2, 0.25) is 0 Å². The van der Waals surface area contributed by atoms with Crippen LogP contribution in [0.25, 0.3) is 0 Å². The van der Waals surface area contributed by atoms with Crippen LogP contribution in [0, 0.1) is 13.8 Å². The van der Waals surface area contributed by atoms with Gasteiger partial charge < -0.3 is 19.6 Å². The van der Waals surface area contributed by atoms with Crippen LogP contribution in [0.5, 0.6) is 0 Å². The van der Waals surface area contributed by atoms with Gasteiger partial charge in [0.2, 0.25) is 11.9 Å². The van der Waals surface area contributed by atoms with E-state index in [0.29, 0.717) is 24.5 Å². The van der Waals surface area contributed by atoms with E-state index < -0.39 is 0 Å². The standard InChI is InChI=1S/C21H25N7O2/c1-15-18(16(2)30-26-15)6-7-20(29)25-17-13-23-21(24-14-17)28-11-9-27(10-12-28)19-5-3-4-8-22-19/h3-5,8,13-14H,6-7,9-12H2,1-2H3,(H,25,29). The molecule has 4 heterocycles. The van der Waals surface area contributed by atoms with Gasteiger partial charge >= 0.3 is 0 Å². The summed E-state index contributed by atoms with van der Waals surface area (Å²) in [5.41, 5.74) is 2.41. The number of carbonyl (C=O) groups excluding carboxylic acids is 1. The van der Waals surface area contributed by atoms with Gasteiger partial charge in [-0.25, -0.2) is 15.0 Å². The first-order valence-electron chi connectivity index (χ1n) is 10.0. The molecule has 1 aliphatic rings. The Hall–Kier alpha value is -3.49. The van der Waals surface area contributed by atoms with Gasteiger partial charge in [0.15, 0.2) is 0 Å². The first-order valence-corrected chi connectivity index (χ1v) is 10.0. The van der Waals surface area contributed by atoms with Gasteiger partial charge in [-0.3, -0.25) is 4.79 Å². The van der Waals surface area contributed by atoms with Crippen LogP contribution in [-0.2, 0) is 11.2 Å². The quantitative estimate of drug-likeness (QED) is 0.665. The van der Waals surface area contributed by atoms with Gasteiger partial charge in [-0.1, -0.05) is 11.2 Å². The first-order chi connectivity index (χ1) is 14.6. The minimum absolute atomic E-state index is 0.0877. The van der Waals surface area contributed by atoms with E-state index in [-0.39, 0.29) is 5.91 Å². The van der Waals surface area contributed by atoms with E-state index >= 15 is 0 Å². The van der Waals surface area contributed by atoms with E-state index in [0.717, 1.165) is 49.0 Å². The molecule has 1 amide bonds. The number of nitrogens with one attached hydrogen (secondary N) is 1. The number of carbonyl (C=O) groups is 1. The number of amides is 1. The summed E-state index contributed by atoms with van der Waals surface area (Å²) in [4.78, 5) is 29.9. The molecular weight excluding hydrogens is 382 g/mol. The highest BCUT2D eigenvalue weighted by atomic mass is 16.5. The zero-order chi connectivity index (χ0) is 20.9. The molecule has 156 valence electrons. The molecule has 0 aliphatic carbocycles. The van der Waals surface area contributed by atoms with Crippen LogP contribution in [-0.4, -0.2) is 52.2 Å². The number of aromatic nitrogens is 4. The lowest BCUT2D eigenvalue weighted by Crippen LogP contribution is -2.47. The zero-order valence-corrected chi connectivity index (χ0v) is 17.2. The zero-order valence-electron chi connectivity index (χ0n) is 17.2. The Bertz CT molecular complexity index is 961. The molecule has 3 aromatic rings. The van der Waals surface area contributed by atoms with Crippen molar-refractivity contribution in [3.05, 3.63) is 53.8 Å². The average Bonchev–Trinajstić information content (AvgIpc) is 3.11. The number of pyridine rings is 1. The topological polar surface area (TPSA) is 100 Å². The first kappa shape index (κ1) is 19.8. The Morgan fingerprint density at radius 3 is 2.43 bits per heavy atom. The maximum Gasteiger partial charge on any atom is 0.225 e. The Balaban J connectivity index is 1.27. The molecule has 4 rings (SSSR count). The minimum Gasteiger partial charge on any atom is -0.361 e. The highest BCUT2D eigenvalue weighted by Gasteiger charge is 2.20. The second-order valence-corrected chi connectivity index (χ2v) is 7.28. The van der Waals surface area contributed by atoms with Crippen LogP contribution < -0.4 is 15.1 Å². The highest BCUT2D eigenvalue weighted by Crippen LogP contribution is 2.17. The second kappa shape index (κ2) is 8.89. The number of nitrogens with zero attached hydrogens (tertiary/aromatic N) is 6. The molecule has 0 radical (unpaired) electrons. The normalized spacial score (nSPS) is 14.1. The summed E-state index contributed by atoms with van der Waals surface area (Å²) in [7, 11) is 0. The summed E-state index contributed by atoms with van der Waals surface area (Å²) in [5.74, 6) is 2.34. The number of piperazine rings is 1. The molecule has 1 fully saturated rings. The third-order valence-corrected chi connectivity index (χ3v) is 5.24. The molecule has 0 saturated carbocycles. The number of anilines is 3. The molecule has 9 heteroatoms. The summed E-state index contributed by atoms with van der Waals surface area (Å²) in [6.45, 7) is 7.10. The lowest BCUT2D eigenvalue weighted by atomic mass is 10.1. The molecule has 1 N–H and O–H groups in total. The summed E-state index contributed by atoms with van der Waals surface area (Å²) in [5, 5.41) is 6.77. The molecule has 0 bridgehead atoms. The van der Waals surface area contributed by atoms with E-state index in [4.69, 9.17) is 4.52 Å². The van der Waals surface area contributed by atoms with Gasteiger partial charge in [0.25, 0.3) is 0 Å². The third kappa shape index (κ3) is 4.56. The summed E-state index contributed by atoms with van der Waals surface area (Å²) >= 11 is 0. The van der Waals surface area contributed by atoms with Crippen molar-refractivity contribution in [2.45, 2.75) is 26.7 Å². The maximum absolute atomic E-state index is 12.2. The monoisotopic (exact) mass is 407 g/mol. The number of rotatable bonds is 6. The van der Waals surface area contributed by atoms with Crippen LogP contribution in [0.4, 0.5) is 17.5 Å². The Morgan fingerprint density at radius 1 is 1.07 bits per heavy atom. The molecule has 0 atom stereocenters. The molecule has 0 unspecified atom stereocenters. The van der Waals surface area contributed by atoms with E-state index in [1.807, 2.05) is 38.2 Å². The van der Waals surface area contributed by atoms with Gasteiger partial charge in [0.05, 0.1) is 23.8 Å². The van der Waals surface area contributed by atoms with Crippen molar-refractivity contribution in [2.75, 3.05) is 41.3 Å². The van der Waals surface area contributed by atoms with Crippen molar-refractivity contribution in [1.29, 1.82) is 0 Å². The van der Waals surface area contributed by atoms with E-state index in [9.17, 15) is 4.79 Å². The third-order valence-electron chi connectivity index (χ3n) is 5.24. The molecule has 9 nitrogen and oxygen atoms in total. The van der Waals surface area contributed by atoms with Gasteiger partial charge in [0.1, 0.15) is 11.6 Å². The Kier molecular flexibility index (Phi) is 5.87. The van der Waals surface area contributed by atoms with Gasteiger partial charge in [-0.15, -0.1) is 0 Å². The van der Waals surface area contributed by atoms with E-state index in [1.165, 1.54) is 0 Å². The number of aryl methyl sites for hydroxylation is 2. The van der Waals surface area contributed by atoms with Crippen LogP contribution >= 0.6 is 0 Å². The maximum atomic E-state index is 12.2. The van der Waals surface area contributed by atoms with E-state index in [1.54, 1.807) is 12.4 Å². The fourth-order valence-corrected chi connectivity index (χ4v) is 3.55. The minimum atomic E-state index is -0.0877. The lowest BCUT2D eigenvalue weighted by Gasteiger charge is -2.35. The molecule has 30 heavy (non-hydrogen) atoms. The molecular formula is C21H25N7O2. The summed E-state index contributed by atoms with van der Waals surface area (Å²) < 4.78 is 5.14. The van der Waals surface area contributed by atoms with Crippen molar-refractivity contribution >= 4 is 23.4 Å². The predicted octanol–water partition coefficient (Wildman–Crippen LogP) is 2.37. The van der Waals surface area contributed by atoms with Crippen molar-refractivity contribution in [1.82, 2.24) is 20.1 Å². The molecule has 1 saturated heterocycles. The van der Waals surface area contributed by atoms with Gasteiger partial charge in [0, 0.05) is 44.4 Å². The van der Waals surface area contributed by atoms with Crippen molar-refractivity contribution in [3.63, 3.8) is 0 Å². The highest BCUT2D eigenvalue weighted by molar-refractivity contribution is 5.90. The average molecular weight is 407 g/mol. The van der Waals surface area contributed by atoms with Crippen LogP contribution in [0.3, 0.4) is 0 Å². The van der Waals surface area contributed by atoms with Gasteiger partial charge in [-0.2, -0.15) is 0 Å². The number of hydrogen-bond donors (Lipinski definition) is 1. The molecule has 0 aromatic carbocycles.